The van der Waals surface area contributed by atoms with Gasteiger partial charge in [-0.3, -0.25) is 9.88 Å². The fourth-order valence-corrected chi connectivity index (χ4v) is 9.62. The van der Waals surface area contributed by atoms with Crippen LogP contribution in [0.5, 0.6) is 5.75 Å². The van der Waals surface area contributed by atoms with E-state index in [0.717, 1.165) is 92.2 Å². The molecule has 6 nitrogen and oxygen atoms in total. The molecular weight excluding hydrogens is 520 g/mol. The number of piperidine rings is 1. The summed E-state index contributed by atoms with van der Waals surface area (Å²) >= 11 is 0. The number of H-pyrrole nitrogens is 1. The molecule has 6 heteroatoms. The standard InChI is InChI=1S/C36H44N4O2/c41-26-12-13-31-28(21-26)27-14-17-37-32(33(27)38-31)29-23-36(42)16-8-4-1-2-5-9-18-39-20-15-30(29)35(24-39)22-25-11-7-3-6-10-19-40(25)34(35)36/h1,4,7,11-14,17,21,23,25,30,34,38,41-42H,2-3,5-6,8-10,15-16,18-20,22,24H2/b4-1-,11-7-/t25-,30-,34?,35?,36-/m0/s1. The van der Waals surface area contributed by atoms with Gasteiger partial charge in [-0.2, -0.15) is 0 Å². The summed E-state index contributed by atoms with van der Waals surface area (Å²) in [5, 5.41) is 25.4. The maximum absolute atomic E-state index is 13.1. The number of nitrogens with one attached hydrogen (secondary N) is 1. The van der Waals surface area contributed by atoms with Crippen LogP contribution in [-0.4, -0.2) is 73.8 Å². The maximum atomic E-state index is 13.1. The fourth-order valence-electron chi connectivity index (χ4n) is 9.62. The lowest BCUT2D eigenvalue weighted by atomic mass is 9.54. The minimum atomic E-state index is -0.941. The van der Waals surface area contributed by atoms with Crippen molar-refractivity contribution in [3.05, 3.63) is 66.5 Å². The van der Waals surface area contributed by atoms with E-state index in [-0.39, 0.29) is 17.2 Å². The van der Waals surface area contributed by atoms with Crippen LogP contribution in [0.4, 0.5) is 0 Å². The van der Waals surface area contributed by atoms with Crippen LogP contribution >= 0.6 is 0 Å². The molecule has 1 aliphatic carbocycles. The zero-order chi connectivity index (χ0) is 28.3. The summed E-state index contributed by atoms with van der Waals surface area (Å²) in [6.07, 6.45) is 24.7. The Morgan fingerprint density at radius 1 is 0.929 bits per heavy atom. The van der Waals surface area contributed by atoms with Gasteiger partial charge < -0.3 is 20.1 Å². The van der Waals surface area contributed by atoms with Crippen molar-refractivity contribution in [2.45, 2.75) is 81.9 Å². The monoisotopic (exact) mass is 564 g/mol. The van der Waals surface area contributed by atoms with Gasteiger partial charge in [0.15, 0.2) is 0 Å². The van der Waals surface area contributed by atoms with Crippen LogP contribution in [0.2, 0.25) is 0 Å². The van der Waals surface area contributed by atoms with Gasteiger partial charge in [-0.05, 0) is 126 Å². The Hall–Kier alpha value is -2.93. The third-order valence-electron chi connectivity index (χ3n) is 11.2. The predicted octanol–water partition coefficient (Wildman–Crippen LogP) is 6.56. The van der Waals surface area contributed by atoms with Gasteiger partial charge in [0, 0.05) is 40.5 Å². The summed E-state index contributed by atoms with van der Waals surface area (Å²) in [5.41, 5.74) is 3.25. The molecule has 220 valence electrons. The van der Waals surface area contributed by atoms with E-state index in [1.54, 1.807) is 6.07 Å². The molecule has 8 rings (SSSR count). The quantitative estimate of drug-likeness (QED) is 0.292. The van der Waals surface area contributed by atoms with E-state index in [0.29, 0.717) is 12.0 Å². The molecule has 42 heavy (non-hydrogen) atoms. The average Bonchev–Trinajstić information content (AvgIpc) is 3.48. The van der Waals surface area contributed by atoms with Crippen LogP contribution in [0, 0.1) is 11.3 Å². The highest BCUT2D eigenvalue weighted by atomic mass is 16.3. The molecule has 2 fully saturated rings. The molecule has 3 bridgehead atoms. The van der Waals surface area contributed by atoms with Crippen LogP contribution in [0.3, 0.4) is 0 Å². The number of aromatic hydroxyl groups is 1. The Morgan fingerprint density at radius 3 is 2.71 bits per heavy atom. The van der Waals surface area contributed by atoms with E-state index >= 15 is 0 Å². The first-order valence-electron chi connectivity index (χ1n) is 16.4. The number of phenolic OH excluding ortho intramolecular Hbond substituents is 1. The van der Waals surface area contributed by atoms with Gasteiger partial charge in [0.1, 0.15) is 5.75 Å². The van der Waals surface area contributed by atoms with Gasteiger partial charge in [-0.1, -0.05) is 24.3 Å². The van der Waals surface area contributed by atoms with Crippen molar-refractivity contribution in [3.63, 3.8) is 0 Å². The normalized spacial score (nSPS) is 37.0. The topological polar surface area (TPSA) is 75.6 Å². The Labute approximate surface area is 248 Å². The minimum Gasteiger partial charge on any atom is -0.508 e. The zero-order valence-corrected chi connectivity index (χ0v) is 24.6. The van der Waals surface area contributed by atoms with Crippen molar-refractivity contribution in [1.82, 2.24) is 19.8 Å². The summed E-state index contributed by atoms with van der Waals surface area (Å²) in [6, 6.07) is 8.08. The number of fused-ring (bicyclic) bond motifs is 5. The number of aliphatic hydroxyl groups is 1. The highest BCUT2D eigenvalue weighted by Gasteiger charge is 2.65. The second kappa shape index (κ2) is 10.4. The van der Waals surface area contributed by atoms with E-state index in [1.165, 1.54) is 31.3 Å². The van der Waals surface area contributed by atoms with E-state index in [2.05, 4.69) is 51.2 Å². The lowest BCUT2D eigenvalue weighted by Gasteiger charge is -2.58. The average molecular weight is 565 g/mol. The first-order chi connectivity index (χ1) is 20.6. The molecular formula is C36H44N4O2. The molecule has 0 radical (unpaired) electrons. The smallest absolute Gasteiger partial charge is 0.116 e. The van der Waals surface area contributed by atoms with Crippen molar-refractivity contribution < 1.29 is 10.2 Å². The summed E-state index contributed by atoms with van der Waals surface area (Å²) in [6.45, 7) is 4.36. The molecule has 6 atom stereocenters. The Bertz CT molecular complexity index is 1590. The molecule has 2 saturated heterocycles. The number of hydrogen-bond acceptors (Lipinski definition) is 5. The third-order valence-corrected chi connectivity index (χ3v) is 11.2. The summed E-state index contributed by atoms with van der Waals surface area (Å²) < 4.78 is 0. The Morgan fingerprint density at radius 2 is 1.79 bits per heavy atom. The Kier molecular flexibility index (Phi) is 6.58. The molecule has 4 aliphatic heterocycles. The highest BCUT2D eigenvalue weighted by Crippen LogP contribution is 2.61. The van der Waals surface area contributed by atoms with Crippen LogP contribution in [0.1, 0.15) is 69.9 Å². The number of allylic oxidation sites excluding steroid dienone is 4. The summed E-state index contributed by atoms with van der Waals surface area (Å²) in [4.78, 5) is 14.2. The minimum absolute atomic E-state index is 0.0394. The number of rotatable bonds is 1. The van der Waals surface area contributed by atoms with E-state index < -0.39 is 5.60 Å². The zero-order valence-electron chi connectivity index (χ0n) is 24.6. The van der Waals surface area contributed by atoms with Gasteiger partial charge in [-0.25, -0.2) is 0 Å². The maximum Gasteiger partial charge on any atom is 0.116 e. The van der Waals surface area contributed by atoms with Crippen LogP contribution in [0.25, 0.3) is 27.4 Å². The lowest BCUT2D eigenvalue weighted by Crippen LogP contribution is -2.65. The van der Waals surface area contributed by atoms with Crippen molar-refractivity contribution in [1.29, 1.82) is 0 Å². The first kappa shape index (κ1) is 26.7. The highest BCUT2D eigenvalue weighted by molar-refractivity contribution is 6.10. The second-order valence-corrected chi connectivity index (χ2v) is 13.7. The Balaban J connectivity index is 1.35. The van der Waals surface area contributed by atoms with Gasteiger partial charge in [0.25, 0.3) is 0 Å². The number of benzene rings is 1. The van der Waals surface area contributed by atoms with E-state index in [1.807, 2.05) is 18.3 Å². The number of aromatic amines is 1. The molecule has 5 aliphatic rings. The molecule has 3 aromatic rings. The molecule has 1 aromatic carbocycles. The van der Waals surface area contributed by atoms with Gasteiger partial charge in [0.2, 0.25) is 0 Å². The molecule has 3 unspecified atom stereocenters. The van der Waals surface area contributed by atoms with E-state index in [4.69, 9.17) is 4.98 Å². The largest absolute Gasteiger partial charge is 0.508 e. The van der Waals surface area contributed by atoms with Crippen molar-refractivity contribution in [2.75, 3.05) is 26.2 Å². The van der Waals surface area contributed by atoms with Gasteiger partial charge in [-0.15, -0.1) is 0 Å². The SMILES string of the molecule is Oc1ccc2[nH]c3c(C4=C[C@@]5(O)CC/C=C\CCCCN6CC[C@@H]4C4(C[C@@H]7/C=C\CCCCN7C45)C6)nccc3c2c1. The van der Waals surface area contributed by atoms with Crippen molar-refractivity contribution in [3.8, 4) is 5.75 Å². The van der Waals surface area contributed by atoms with Gasteiger partial charge in [0.05, 0.1) is 22.9 Å². The number of phenols is 1. The number of pyridine rings is 1. The van der Waals surface area contributed by atoms with Crippen molar-refractivity contribution in [2.24, 2.45) is 11.3 Å². The van der Waals surface area contributed by atoms with Crippen LogP contribution in [-0.2, 0) is 0 Å². The van der Waals surface area contributed by atoms with E-state index in [9.17, 15) is 10.2 Å². The lowest BCUT2D eigenvalue weighted by molar-refractivity contribution is -0.0894. The molecule has 0 amide bonds. The molecule has 0 saturated carbocycles. The second-order valence-electron chi connectivity index (χ2n) is 13.7. The predicted molar refractivity (Wildman–Crippen MR) is 169 cm³/mol. The van der Waals surface area contributed by atoms with Crippen LogP contribution in [0.15, 0.2) is 60.8 Å². The molecule has 1 spiro atoms. The summed E-state index contributed by atoms with van der Waals surface area (Å²) in [7, 11) is 0. The summed E-state index contributed by atoms with van der Waals surface area (Å²) in [5.74, 6) is 0.606. The number of hydrogen-bond donors (Lipinski definition) is 3. The number of nitrogens with zero attached hydrogens (tertiary/aromatic N) is 3. The van der Waals surface area contributed by atoms with Crippen LogP contribution < -0.4 is 0 Å². The fraction of sp³-hybridized carbons (Fsp3) is 0.528. The first-order valence-corrected chi connectivity index (χ1v) is 16.4. The molecule has 3 N–H and O–H groups in total. The van der Waals surface area contributed by atoms with Crippen molar-refractivity contribution >= 4 is 27.4 Å². The molecule has 6 heterocycles. The molecule has 2 aromatic heterocycles. The number of aromatic nitrogens is 2. The third kappa shape index (κ3) is 4.21. The van der Waals surface area contributed by atoms with Gasteiger partial charge >= 0.3 is 0 Å².